The molecule has 2 rings (SSSR count). The third kappa shape index (κ3) is 2.46. The lowest BCUT2D eigenvalue weighted by Crippen LogP contribution is -2.01. The van der Waals surface area contributed by atoms with E-state index in [0.29, 0.717) is 17.9 Å². The van der Waals surface area contributed by atoms with Gasteiger partial charge in [0.25, 0.3) is 0 Å². The van der Waals surface area contributed by atoms with Crippen molar-refractivity contribution >= 4 is 5.97 Å². The summed E-state index contributed by atoms with van der Waals surface area (Å²) in [6, 6.07) is 8.43. The van der Waals surface area contributed by atoms with Crippen molar-refractivity contribution in [3.05, 3.63) is 47.8 Å². The molecule has 17 heavy (non-hydrogen) atoms. The highest BCUT2D eigenvalue weighted by molar-refractivity contribution is 5.85. The zero-order chi connectivity index (χ0) is 12.3. The van der Waals surface area contributed by atoms with Gasteiger partial charge in [0.15, 0.2) is 0 Å². The fraction of sp³-hybridized carbons (Fsp3) is 0.0833. The van der Waals surface area contributed by atoms with Crippen molar-refractivity contribution in [3.8, 4) is 11.4 Å². The minimum absolute atomic E-state index is 0.00667. The van der Waals surface area contributed by atoms with Gasteiger partial charge in [0, 0.05) is 12.7 Å². The third-order valence-electron chi connectivity index (χ3n) is 2.29. The van der Waals surface area contributed by atoms with Crippen molar-refractivity contribution in [2.45, 2.75) is 6.54 Å². The molecule has 0 unspecified atom stereocenters. The minimum atomic E-state index is -1.05. The van der Waals surface area contributed by atoms with E-state index in [1.165, 1.54) is 6.07 Å². The summed E-state index contributed by atoms with van der Waals surface area (Å²) in [4.78, 5) is 19.0. The van der Waals surface area contributed by atoms with Crippen LogP contribution in [0.3, 0.4) is 0 Å². The number of carboxylic acids is 1. The Morgan fingerprint density at radius 2 is 2.06 bits per heavy atom. The summed E-state index contributed by atoms with van der Waals surface area (Å²) < 4.78 is 0. The number of aromatic nitrogens is 2. The highest BCUT2D eigenvalue weighted by Gasteiger charge is 2.07. The zero-order valence-electron chi connectivity index (χ0n) is 9.00. The SMILES string of the molecule is NCc1ccc(-c2cccc(C(=O)O)n2)nc1. The summed E-state index contributed by atoms with van der Waals surface area (Å²) in [5.41, 5.74) is 7.56. The van der Waals surface area contributed by atoms with Crippen LogP contribution in [0.25, 0.3) is 11.4 Å². The maximum absolute atomic E-state index is 10.8. The Morgan fingerprint density at radius 1 is 1.24 bits per heavy atom. The van der Waals surface area contributed by atoms with Gasteiger partial charge in [-0.25, -0.2) is 9.78 Å². The average Bonchev–Trinajstić information content (AvgIpc) is 2.39. The van der Waals surface area contributed by atoms with Gasteiger partial charge < -0.3 is 10.8 Å². The number of aromatic carboxylic acids is 1. The van der Waals surface area contributed by atoms with Gasteiger partial charge in [-0.2, -0.15) is 0 Å². The molecular weight excluding hydrogens is 218 g/mol. The molecule has 5 nitrogen and oxygen atoms in total. The van der Waals surface area contributed by atoms with E-state index >= 15 is 0 Å². The molecule has 3 N–H and O–H groups in total. The van der Waals surface area contributed by atoms with Gasteiger partial charge in [-0.15, -0.1) is 0 Å². The number of hydrogen-bond acceptors (Lipinski definition) is 4. The second kappa shape index (κ2) is 4.71. The molecule has 0 aliphatic carbocycles. The second-order valence-electron chi connectivity index (χ2n) is 3.47. The van der Waals surface area contributed by atoms with Crippen LogP contribution in [-0.4, -0.2) is 21.0 Å². The Kier molecular flexibility index (Phi) is 3.11. The van der Waals surface area contributed by atoms with Crippen LogP contribution in [0.4, 0.5) is 0 Å². The Bertz CT molecular complexity index is 538. The molecule has 0 aliphatic rings. The number of rotatable bonds is 3. The number of nitrogens with zero attached hydrogens (tertiary/aromatic N) is 2. The van der Waals surface area contributed by atoms with Crippen LogP contribution in [0.15, 0.2) is 36.5 Å². The van der Waals surface area contributed by atoms with Gasteiger partial charge in [0.1, 0.15) is 5.69 Å². The average molecular weight is 229 g/mol. The molecule has 0 spiro atoms. The zero-order valence-corrected chi connectivity index (χ0v) is 9.00. The maximum atomic E-state index is 10.8. The van der Waals surface area contributed by atoms with Gasteiger partial charge in [0.2, 0.25) is 0 Å². The number of carbonyl (C=O) groups is 1. The van der Waals surface area contributed by atoms with Gasteiger partial charge in [-0.05, 0) is 23.8 Å². The summed E-state index contributed by atoms with van der Waals surface area (Å²) in [5.74, 6) is -1.05. The van der Waals surface area contributed by atoms with Gasteiger partial charge in [-0.3, -0.25) is 4.98 Å². The largest absolute Gasteiger partial charge is 0.477 e. The van der Waals surface area contributed by atoms with Gasteiger partial charge in [0.05, 0.1) is 11.4 Å². The molecule has 0 bridgehead atoms. The molecule has 0 saturated carbocycles. The van der Waals surface area contributed by atoms with E-state index in [0.717, 1.165) is 5.56 Å². The summed E-state index contributed by atoms with van der Waals surface area (Å²) in [7, 11) is 0. The number of carboxylic acid groups (broad SMARTS) is 1. The van der Waals surface area contributed by atoms with E-state index in [9.17, 15) is 4.79 Å². The van der Waals surface area contributed by atoms with Crippen LogP contribution in [0.2, 0.25) is 0 Å². The number of pyridine rings is 2. The summed E-state index contributed by atoms with van der Waals surface area (Å²) in [6.07, 6.45) is 1.66. The molecule has 86 valence electrons. The first-order chi connectivity index (χ1) is 8.20. The molecule has 0 saturated heterocycles. The first-order valence-corrected chi connectivity index (χ1v) is 5.06. The molecule has 2 aromatic rings. The van der Waals surface area contributed by atoms with Crippen molar-refractivity contribution in [3.63, 3.8) is 0 Å². The highest BCUT2D eigenvalue weighted by Crippen LogP contribution is 2.14. The van der Waals surface area contributed by atoms with E-state index < -0.39 is 5.97 Å². The van der Waals surface area contributed by atoms with E-state index in [4.69, 9.17) is 10.8 Å². The molecule has 5 heteroatoms. The number of hydrogen-bond donors (Lipinski definition) is 2. The fourth-order valence-corrected chi connectivity index (χ4v) is 1.39. The second-order valence-corrected chi connectivity index (χ2v) is 3.47. The van der Waals surface area contributed by atoms with Crippen LogP contribution in [0.1, 0.15) is 16.1 Å². The summed E-state index contributed by atoms with van der Waals surface area (Å²) in [5, 5.41) is 8.84. The van der Waals surface area contributed by atoms with E-state index in [2.05, 4.69) is 9.97 Å². The smallest absolute Gasteiger partial charge is 0.354 e. The molecule has 0 aromatic carbocycles. The van der Waals surface area contributed by atoms with Crippen molar-refractivity contribution in [1.29, 1.82) is 0 Å². The lowest BCUT2D eigenvalue weighted by atomic mass is 10.2. The Balaban J connectivity index is 2.38. The first-order valence-electron chi connectivity index (χ1n) is 5.06. The quantitative estimate of drug-likeness (QED) is 0.828. The van der Waals surface area contributed by atoms with Crippen molar-refractivity contribution in [2.24, 2.45) is 5.73 Å². The molecule has 0 amide bonds. The lowest BCUT2D eigenvalue weighted by molar-refractivity contribution is 0.0690. The van der Waals surface area contributed by atoms with Gasteiger partial charge >= 0.3 is 5.97 Å². The van der Waals surface area contributed by atoms with Crippen molar-refractivity contribution < 1.29 is 9.90 Å². The normalized spacial score (nSPS) is 10.2. The summed E-state index contributed by atoms with van der Waals surface area (Å²) in [6.45, 7) is 0.426. The molecule has 0 fully saturated rings. The standard InChI is InChI=1S/C12H11N3O2/c13-6-8-4-5-9(14-7-8)10-2-1-3-11(15-10)12(16)17/h1-5,7H,6,13H2,(H,16,17). The van der Waals surface area contributed by atoms with Crippen molar-refractivity contribution in [1.82, 2.24) is 9.97 Å². The molecule has 2 aromatic heterocycles. The van der Waals surface area contributed by atoms with Crippen LogP contribution >= 0.6 is 0 Å². The predicted octanol–water partition coefficient (Wildman–Crippen LogP) is 1.30. The van der Waals surface area contributed by atoms with Crippen LogP contribution in [0, 0.1) is 0 Å². The van der Waals surface area contributed by atoms with Crippen LogP contribution in [0.5, 0.6) is 0 Å². The minimum Gasteiger partial charge on any atom is -0.477 e. The van der Waals surface area contributed by atoms with Crippen molar-refractivity contribution in [2.75, 3.05) is 0 Å². The molecular formula is C12H11N3O2. The predicted molar refractivity (Wildman–Crippen MR) is 62.3 cm³/mol. The topological polar surface area (TPSA) is 89.1 Å². The van der Waals surface area contributed by atoms with Crippen LogP contribution in [-0.2, 0) is 6.54 Å². The van der Waals surface area contributed by atoms with Crippen LogP contribution < -0.4 is 5.73 Å². The van der Waals surface area contributed by atoms with E-state index in [1.54, 1.807) is 24.4 Å². The Morgan fingerprint density at radius 3 is 2.65 bits per heavy atom. The fourth-order valence-electron chi connectivity index (χ4n) is 1.39. The Hall–Kier alpha value is -2.27. The monoisotopic (exact) mass is 229 g/mol. The number of nitrogens with two attached hydrogens (primary N) is 1. The molecule has 0 radical (unpaired) electrons. The van der Waals surface area contributed by atoms with Gasteiger partial charge in [-0.1, -0.05) is 12.1 Å². The highest BCUT2D eigenvalue weighted by atomic mass is 16.4. The van der Waals surface area contributed by atoms with E-state index in [1.807, 2.05) is 6.07 Å². The lowest BCUT2D eigenvalue weighted by Gasteiger charge is -2.02. The third-order valence-corrected chi connectivity index (χ3v) is 2.29. The first kappa shape index (κ1) is 11.2. The van der Waals surface area contributed by atoms with E-state index in [-0.39, 0.29) is 5.69 Å². The molecule has 0 atom stereocenters. The molecule has 0 aliphatic heterocycles. The maximum Gasteiger partial charge on any atom is 0.354 e. The Labute approximate surface area is 98.0 Å². The molecule has 2 heterocycles. The summed E-state index contributed by atoms with van der Waals surface area (Å²) >= 11 is 0.